The summed E-state index contributed by atoms with van der Waals surface area (Å²) in [5.41, 5.74) is 2.16. The predicted octanol–water partition coefficient (Wildman–Crippen LogP) is 5.36. The van der Waals surface area contributed by atoms with Crippen LogP contribution in [0, 0.1) is 11.7 Å². The second-order valence-electron chi connectivity index (χ2n) is 7.87. The number of rotatable bonds is 2. The van der Waals surface area contributed by atoms with E-state index in [0.29, 0.717) is 23.9 Å². The molecule has 0 spiro atoms. The van der Waals surface area contributed by atoms with E-state index in [1.165, 1.54) is 31.2 Å². The van der Waals surface area contributed by atoms with Crippen LogP contribution in [0.25, 0.3) is 0 Å². The highest BCUT2D eigenvalue weighted by atomic mass is 19.1. The molecule has 2 unspecified atom stereocenters. The Morgan fingerprint density at radius 2 is 1.55 bits per heavy atom. The van der Waals surface area contributed by atoms with E-state index in [1.807, 2.05) is 6.07 Å². The molecular weight excluding hydrogens is 273 g/mol. The SMILES string of the molecule is CC1CCC(c2ccc(C3CC(C)NC(C)C3)c(F)c2)CC1. The van der Waals surface area contributed by atoms with Crippen molar-refractivity contribution in [2.45, 2.75) is 83.2 Å². The summed E-state index contributed by atoms with van der Waals surface area (Å²) in [6.07, 6.45) is 7.11. The lowest BCUT2D eigenvalue weighted by atomic mass is 9.78. The summed E-state index contributed by atoms with van der Waals surface area (Å²) in [7, 11) is 0. The first-order valence-corrected chi connectivity index (χ1v) is 9.08. The van der Waals surface area contributed by atoms with Crippen LogP contribution in [0.2, 0.25) is 0 Å². The molecular formula is C20H30FN. The van der Waals surface area contributed by atoms with Crippen molar-refractivity contribution < 1.29 is 4.39 Å². The van der Waals surface area contributed by atoms with Crippen LogP contribution in [0.15, 0.2) is 18.2 Å². The molecule has 0 aromatic heterocycles. The van der Waals surface area contributed by atoms with Crippen LogP contribution >= 0.6 is 0 Å². The molecule has 1 nitrogen and oxygen atoms in total. The van der Waals surface area contributed by atoms with Gasteiger partial charge in [0.2, 0.25) is 0 Å². The number of hydrogen-bond acceptors (Lipinski definition) is 1. The summed E-state index contributed by atoms with van der Waals surface area (Å²) in [4.78, 5) is 0. The van der Waals surface area contributed by atoms with E-state index < -0.39 is 0 Å². The number of nitrogens with one attached hydrogen (secondary N) is 1. The molecule has 122 valence electrons. The van der Waals surface area contributed by atoms with Crippen LogP contribution in [0.4, 0.5) is 4.39 Å². The van der Waals surface area contributed by atoms with Crippen LogP contribution in [-0.4, -0.2) is 12.1 Å². The van der Waals surface area contributed by atoms with Gasteiger partial charge < -0.3 is 5.32 Å². The summed E-state index contributed by atoms with van der Waals surface area (Å²) in [6, 6.07) is 7.09. The number of hydrogen-bond donors (Lipinski definition) is 1. The average molecular weight is 303 g/mol. The molecule has 2 atom stereocenters. The molecule has 1 aromatic rings. The standard InChI is InChI=1S/C20H30FN/c1-13-4-6-16(7-5-13)17-8-9-19(20(21)12-17)18-10-14(2)22-15(3)11-18/h8-9,12-16,18,22H,4-7,10-11H2,1-3H3. The first-order chi connectivity index (χ1) is 10.5. The van der Waals surface area contributed by atoms with Gasteiger partial charge >= 0.3 is 0 Å². The van der Waals surface area contributed by atoms with Crippen LogP contribution in [0.3, 0.4) is 0 Å². The normalized spacial score (nSPS) is 36.3. The highest BCUT2D eigenvalue weighted by molar-refractivity contribution is 5.30. The van der Waals surface area contributed by atoms with Gasteiger partial charge in [-0.25, -0.2) is 4.39 Å². The Kier molecular flexibility index (Phi) is 4.87. The quantitative estimate of drug-likeness (QED) is 0.775. The van der Waals surface area contributed by atoms with E-state index in [1.54, 1.807) is 0 Å². The summed E-state index contributed by atoms with van der Waals surface area (Å²) < 4.78 is 14.7. The molecule has 1 heterocycles. The highest BCUT2D eigenvalue weighted by Gasteiger charge is 2.27. The maximum absolute atomic E-state index is 14.7. The Morgan fingerprint density at radius 1 is 0.909 bits per heavy atom. The van der Waals surface area contributed by atoms with Crippen molar-refractivity contribution in [2.75, 3.05) is 0 Å². The van der Waals surface area contributed by atoms with Gasteiger partial charge in [0.25, 0.3) is 0 Å². The maximum Gasteiger partial charge on any atom is 0.126 e. The lowest BCUT2D eigenvalue weighted by Gasteiger charge is -2.33. The molecule has 0 bridgehead atoms. The Morgan fingerprint density at radius 3 is 2.14 bits per heavy atom. The van der Waals surface area contributed by atoms with E-state index in [2.05, 4.69) is 38.2 Å². The maximum atomic E-state index is 14.7. The molecule has 0 radical (unpaired) electrons. The molecule has 1 aromatic carbocycles. The first kappa shape index (κ1) is 16.0. The monoisotopic (exact) mass is 303 g/mol. The molecule has 1 N–H and O–H groups in total. The topological polar surface area (TPSA) is 12.0 Å². The van der Waals surface area contributed by atoms with Crippen molar-refractivity contribution in [3.05, 3.63) is 35.1 Å². The van der Waals surface area contributed by atoms with Crippen molar-refractivity contribution in [3.8, 4) is 0 Å². The molecule has 3 rings (SSSR count). The largest absolute Gasteiger partial charge is 0.312 e. The highest BCUT2D eigenvalue weighted by Crippen LogP contribution is 2.38. The van der Waals surface area contributed by atoms with E-state index >= 15 is 0 Å². The van der Waals surface area contributed by atoms with Crippen LogP contribution in [0.1, 0.15) is 82.3 Å². The van der Waals surface area contributed by atoms with E-state index in [4.69, 9.17) is 0 Å². The van der Waals surface area contributed by atoms with Gasteiger partial charge in [-0.05, 0) is 74.5 Å². The van der Waals surface area contributed by atoms with Gasteiger partial charge in [0, 0.05) is 12.1 Å². The Hall–Kier alpha value is -0.890. The third-order valence-corrected chi connectivity index (χ3v) is 5.80. The van der Waals surface area contributed by atoms with Crippen LogP contribution < -0.4 is 5.32 Å². The zero-order chi connectivity index (χ0) is 15.7. The Labute approximate surface area is 134 Å². The summed E-state index contributed by atoms with van der Waals surface area (Å²) in [5, 5.41) is 3.54. The molecule has 2 aliphatic rings. The fraction of sp³-hybridized carbons (Fsp3) is 0.700. The third kappa shape index (κ3) is 3.53. The van der Waals surface area contributed by atoms with E-state index in [-0.39, 0.29) is 5.82 Å². The second-order valence-corrected chi connectivity index (χ2v) is 7.87. The van der Waals surface area contributed by atoms with Gasteiger partial charge in [0.1, 0.15) is 5.82 Å². The van der Waals surface area contributed by atoms with Gasteiger partial charge in [-0.1, -0.05) is 31.9 Å². The second kappa shape index (κ2) is 6.70. The molecule has 0 amide bonds. The van der Waals surface area contributed by atoms with Crippen molar-refractivity contribution in [3.63, 3.8) is 0 Å². The molecule has 1 saturated carbocycles. The Balaban J connectivity index is 1.74. The van der Waals surface area contributed by atoms with Crippen molar-refractivity contribution in [2.24, 2.45) is 5.92 Å². The van der Waals surface area contributed by atoms with Gasteiger partial charge in [-0.2, -0.15) is 0 Å². The molecule has 1 aliphatic carbocycles. The first-order valence-electron chi connectivity index (χ1n) is 9.08. The molecule has 1 aliphatic heterocycles. The van der Waals surface area contributed by atoms with E-state index in [0.717, 1.165) is 24.3 Å². The summed E-state index contributed by atoms with van der Waals surface area (Å²) in [6.45, 7) is 6.75. The zero-order valence-electron chi connectivity index (χ0n) is 14.2. The minimum absolute atomic E-state index is 0.0300. The third-order valence-electron chi connectivity index (χ3n) is 5.80. The van der Waals surface area contributed by atoms with Gasteiger partial charge in [-0.15, -0.1) is 0 Å². The molecule has 2 fully saturated rings. The number of halogens is 1. The average Bonchev–Trinajstić information content (AvgIpc) is 2.46. The predicted molar refractivity (Wildman–Crippen MR) is 90.8 cm³/mol. The number of piperidine rings is 1. The fourth-order valence-electron chi connectivity index (χ4n) is 4.55. The molecule has 22 heavy (non-hydrogen) atoms. The minimum Gasteiger partial charge on any atom is -0.312 e. The van der Waals surface area contributed by atoms with Crippen LogP contribution in [-0.2, 0) is 0 Å². The minimum atomic E-state index is 0.0300. The van der Waals surface area contributed by atoms with Gasteiger partial charge in [-0.3, -0.25) is 0 Å². The smallest absolute Gasteiger partial charge is 0.126 e. The van der Waals surface area contributed by atoms with Gasteiger partial charge in [0.15, 0.2) is 0 Å². The summed E-state index contributed by atoms with van der Waals surface area (Å²) >= 11 is 0. The lowest BCUT2D eigenvalue weighted by molar-refractivity contribution is 0.312. The van der Waals surface area contributed by atoms with Gasteiger partial charge in [0.05, 0.1) is 0 Å². The zero-order valence-corrected chi connectivity index (χ0v) is 14.2. The van der Waals surface area contributed by atoms with Crippen LogP contribution in [0.5, 0.6) is 0 Å². The molecule has 2 heteroatoms. The van der Waals surface area contributed by atoms with Crippen molar-refractivity contribution in [1.29, 1.82) is 0 Å². The van der Waals surface area contributed by atoms with Crippen molar-refractivity contribution >= 4 is 0 Å². The fourth-order valence-corrected chi connectivity index (χ4v) is 4.55. The lowest BCUT2D eigenvalue weighted by Crippen LogP contribution is -2.41. The van der Waals surface area contributed by atoms with Crippen molar-refractivity contribution in [1.82, 2.24) is 5.32 Å². The molecule has 1 saturated heterocycles. The summed E-state index contributed by atoms with van der Waals surface area (Å²) in [5.74, 6) is 1.82. The number of benzene rings is 1. The van der Waals surface area contributed by atoms with E-state index in [9.17, 15) is 4.39 Å². The Bertz CT molecular complexity index is 494.